The molecular formula is C13H16O4S. The SMILES string of the molecule is Cc1ccc2c(c1)CC(CC(C)C(=O)O)S2(=O)=O. The number of carboxylic acid groups (broad SMARTS) is 1. The fraction of sp³-hybridized carbons (Fsp3) is 0.462. The van der Waals surface area contributed by atoms with Gasteiger partial charge in [-0.2, -0.15) is 0 Å². The van der Waals surface area contributed by atoms with E-state index in [-0.39, 0.29) is 6.42 Å². The summed E-state index contributed by atoms with van der Waals surface area (Å²) in [7, 11) is -3.36. The van der Waals surface area contributed by atoms with Gasteiger partial charge in [0.25, 0.3) is 0 Å². The topological polar surface area (TPSA) is 71.4 Å². The molecule has 5 heteroatoms. The molecule has 1 N–H and O–H groups in total. The van der Waals surface area contributed by atoms with Crippen molar-refractivity contribution in [3.63, 3.8) is 0 Å². The van der Waals surface area contributed by atoms with Crippen LogP contribution in [0.25, 0.3) is 0 Å². The van der Waals surface area contributed by atoms with E-state index in [0.717, 1.165) is 11.1 Å². The van der Waals surface area contributed by atoms with Gasteiger partial charge in [0.1, 0.15) is 0 Å². The lowest BCUT2D eigenvalue weighted by Gasteiger charge is -2.12. The number of aliphatic carboxylic acids is 1. The van der Waals surface area contributed by atoms with Crippen molar-refractivity contribution in [1.82, 2.24) is 0 Å². The highest BCUT2D eigenvalue weighted by atomic mass is 32.2. The lowest BCUT2D eigenvalue weighted by Crippen LogP contribution is -2.23. The average Bonchev–Trinajstić information content (AvgIpc) is 2.50. The van der Waals surface area contributed by atoms with Crippen molar-refractivity contribution in [1.29, 1.82) is 0 Å². The van der Waals surface area contributed by atoms with E-state index < -0.39 is 27.0 Å². The Morgan fingerprint density at radius 1 is 1.50 bits per heavy atom. The summed E-state index contributed by atoms with van der Waals surface area (Å²) in [6.07, 6.45) is 0.600. The number of benzene rings is 1. The minimum absolute atomic E-state index is 0.172. The molecule has 1 aromatic rings. The molecule has 1 heterocycles. The number of fused-ring (bicyclic) bond motifs is 1. The molecule has 1 aliphatic rings. The highest BCUT2D eigenvalue weighted by molar-refractivity contribution is 7.92. The van der Waals surface area contributed by atoms with Crippen molar-refractivity contribution in [3.05, 3.63) is 29.3 Å². The first kappa shape index (κ1) is 13.1. The van der Waals surface area contributed by atoms with Crippen LogP contribution in [0.2, 0.25) is 0 Å². The summed E-state index contributed by atoms with van der Waals surface area (Å²) in [6.45, 7) is 3.46. The summed E-state index contributed by atoms with van der Waals surface area (Å²) in [6, 6.07) is 5.28. The first-order valence-corrected chi connectivity index (χ1v) is 7.43. The van der Waals surface area contributed by atoms with Crippen molar-refractivity contribution < 1.29 is 18.3 Å². The van der Waals surface area contributed by atoms with Gasteiger partial charge >= 0.3 is 5.97 Å². The molecule has 0 amide bonds. The van der Waals surface area contributed by atoms with E-state index in [0.29, 0.717) is 11.3 Å². The number of carbonyl (C=O) groups is 1. The second kappa shape index (κ2) is 4.39. The van der Waals surface area contributed by atoms with Gasteiger partial charge in [-0.3, -0.25) is 4.79 Å². The molecule has 0 bridgehead atoms. The average molecular weight is 268 g/mol. The quantitative estimate of drug-likeness (QED) is 0.907. The lowest BCUT2D eigenvalue weighted by molar-refractivity contribution is -0.141. The molecule has 2 rings (SSSR count). The van der Waals surface area contributed by atoms with Crippen LogP contribution in [-0.2, 0) is 21.1 Å². The normalized spacial score (nSPS) is 22.4. The number of rotatable bonds is 3. The standard InChI is InChI=1S/C13H16O4S/c1-8-3-4-12-10(5-8)7-11(18(12,16)17)6-9(2)13(14)15/h3-5,9,11H,6-7H2,1-2H3,(H,14,15). The lowest BCUT2D eigenvalue weighted by atomic mass is 10.0. The first-order valence-electron chi connectivity index (χ1n) is 5.88. The van der Waals surface area contributed by atoms with Gasteiger partial charge in [-0.05, 0) is 31.4 Å². The molecule has 0 saturated carbocycles. The Balaban J connectivity index is 2.32. The Hall–Kier alpha value is -1.36. The van der Waals surface area contributed by atoms with E-state index >= 15 is 0 Å². The second-order valence-corrected chi connectivity index (χ2v) is 7.15. The Bertz CT molecular complexity index is 589. The second-order valence-electron chi connectivity index (χ2n) is 4.96. The van der Waals surface area contributed by atoms with Crippen LogP contribution in [0.1, 0.15) is 24.5 Å². The van der Waals surface area contributed by atoms with E-state index in [1.807, 2.05) is 13.0 Å². The van der Waals surface area contributed by atoms with E-state index in [4.69, 9.17) is 5.11 Å². The monoisotopic (exact) mass is 268 g/mol. The maximum atomic E-state index is 12.3. The highest BCUT2D eigenvalue weighted by Gasteiger charge is 2.38. The van der Waals surface area contributed by atoms with Crippen LogP contribution >= 0.6 is 0 Å². The molecular weight excluding hydrogens is 252 g/mol. The van der Waals surface area contributed by atoms with Gasteiger partial charge in [-0.1, -0.05) is 24.6 Å². The maximum absolute atomic E-state index is 12.3. The van der Waals surface area contributed by atoms with Gasteiger partial charge in [0.2, 0.25) is 0 Å². The number of aryl methyl sites for hydroxylation is 1. The van der Waals surface area contributed by atoms with Crippen molar-refractivity contribution in [3.8, 4) is 0 Å². The molecule has 2 atom stereocenters. The predicted octanol–water partition coefficient (Wildman–Crippen LogP) is 1.80. The summed E-state index contributed by atoms with van der Waals surface area (Å²) in [5.74, 6) is -1.59. The van der Waals surface area contributed by atoms with Gasteiger partial charge in [0, 0.05) is 0 Å². The van der Waals surface area contributed by atoms with Gasteiger partial charge in [0.15, 0.2) is 9.84 Å². The zero-order chi connectivity index (χ0) is 13.5. The van der Waals surface area contributed by atoms with Crippen LogP contribution in [0.4, 0.5) is 0 Å². The molecule has 0 aromatic heterocycles. The summed E-state index contributed by atoms with van der Waals surface area (Å²) in [5, 5.41) is 8.28. The molecule has 1 aliphatic heterocycles. The van der Waals surface area contributed by atoms with E-state index in [9.17, 15) is 13.2 Å². The summed E-state index contributed by atoms with van der Waals surface area (Å²) < 4.78 is 24.5. The first-order chi connectivity index (χ1) is 8.32. The van der Waals surface area contributed by atoms with Crippen LogP contribution in [0, 0.1) is 12.8 Å². The maximum Gasteiger partial charge on any atom is 0.306 e. The largest absolute Gasteiger partial charge is 0.481 e. The number of carboxylic acids is 1. The van der Waals surface area contributed by atoms with Gasteiger partial charge < -0.3 is 5.11 Å². The zero-order valence-corrected chi connectivity index (χ0v) is 11.2. The summed E-state index contributed by atoms with van der Waals surface area (Å²) in [5.41, 5.74) is 1.84. The van der Waals surface area contributed by atoms with Crippen molar-refractivity contribution in [2.75, 3.05) is 0 Å². The van der Waals surface area contributed by atoms with Crippen LogP contribution in [-0.4, -0.2) is 24.7 Å². The Kier molecular flexibility index (Phi) is 3.19. The third kappa shape index (κ3) is 2.14. The molecule has 2 unspecified atom stereocenters. The van der Waals surface area contributed by atoms with Crippen molar-refractivity contribution in [2.24, 2.45) is 5.92 Å². The van der Waals surface area contributed by atoms with Gasteiger partial charge in [0.05, 0.1) is 16.1 Å². The minimum Gasteiger partial charge on any atom is -0.481 e. The molecule has 0 fully saturated rings. The molecule has 0 saturated heterocycles. The minimum atomic E-state index is -3.36. The molecule has 0 spiro atoms. The third-order valence-corrected chi connectivity index (χ3v) is 5.70. The third-order valence-electron chi connectivity index (χ3n) is 3.45. The van der Waals surface area contributed by atoms with Gasteiger partial charge in [-0.25, -0.2) is 8.42 Å². The van der Waals surface area contributed by atoms with Crippen LogP contribution in [0.3, 0.4) is 0 Å². The van der Waals surface area contributed by atoms with Gasteiger partial charge in [-0.15, -0.1) is 0 Å². The Labute approximate surface area is 107 Å². The summed E-state index contributed by atoms with van der Waals surface area (Å²) in [4.78, 5) is 11.2. The molecule has 0 radical (unpaired) electrons. The highest BCUT2D eigenvalue weighted by Crippen LogP contribution is 2.34. The van der Waals surface area contributed by atoms with Crippen molar-refractivity contribution >= 4 is 15.8 Å². The molecule has 98 valence electrons. The van der Waals surface area contributed by atoms with E-state index in [2.05, 4.69) is 0 Å². The molecule has 0 aliphatic carbocycles. The smallest absolute Gasteiger partial charge is 0.306 e. The zero-order valence-electron chi connectivity index (χ0n) is 10.4. The Morgan fingerprint density at radius 3 is 2.78 bits per heavy atom. The Morgan fingerprint density at radius 2 is 2.17 bits per heavy atom. The number of sulfone groups is 1. The number of hydrogen-bond donors (Lipinski definition) is 1. The summed E-state index contributed by atoms with van der Waals surface area (Å²) >= 11 is 0. The van der Waals surface area contributed by atoms with Crippen LogP contribution < -0.4 is 0 Å². The van der Waals surface area contributed by atoms with Crippen molar-refractivity contribution in [2.45, 2.75) is 36.8 Å². The van der Waals surface area contributed by atoms with Crippen LogP contribution in [0.15, 0.2) is 23.1 Å². The van der Waals surface area contributed by atoms with Crippen LogP contribution in [0.5, 0.6) is 0 Å². The molecule has 18 heavy (non-hydrogen) atoms. The fourth-order valence-corrected chi connectivity index (χ4v) is 4.45. The van der Waals surface area contributed by atoms with E-state index in [1.165, 1.54) is 0 Å². The predicted molar refractivity (Wildman–Crippen MR) is 67.3 cm³/mol. The molecule has 4 nitrogen and oxygen atoms in total. The fourth-order valence-electron chi connectivity index (χ4n) is 2.39. The molecule has 1 aromatic carbocycles. The van der Waals surface area contributed by atoms with E-state index in [1.54, 1.807) is 19.1 Å². The number of hydrogen-bond acceptors (Lipinski definition) is 3.